The Kier molecular flexibility index (Phi) is 2.40. The van der Waals surface area contributed by atoms with Gasteiger partial charge >= 0.3 is 5.69 Å². The topological polar surface area (TPSA) is 59.1 Å². The molecular formula is C12H15N3O2. The van der Waals surface area contributed by atoms with Crippen LogP contribution in [0.1, 0.15) is 19.0 Å². The van der Waals surface area contributed by atoms with Crippen molar-refractivity contribution in [1.29, 1.82) is 0 Å². The van der Waals surface area contributed by atoms with Crippen molar-refractivity contribution in [2.75, 3.05) is 13.7 Å². The van der Waals surface area contributed by atoms with Crippen molar-refractivity contribution < 1.29 is 4.74 Å². The molecule has 2 N–H and O–H groups in total. The van der Waals surface area contributed by atoms with Gasteiger partial charge in [0.1, 0.15) is 11.3 Å². The molecule has 2 heterocycles. The van der Waals surface area contributed by atoms with Crippen LogP contribution in [0.25, 0.3) is 11.0 Å². The summed E-state index contributed by atoms with van der Waals surface area (Å²) < 4.78 is 7.04. The maximum absolute atomic E-state index is 12.0. The van der Waals surface area contributed by atoms with E-state index in [0.717, 1.165) is 30.4 Å². The summed E-state index contributed by atoms with van der Waals surface area (Å²) in [6.45, 7) is 0.966. The second-order valence-corrected chi connectivity index (χ2v) is 4.27. The molecule has 0 saturated carbocycles. The summed E-state index contributed by atoms with van der Waals surface area (Å²) >= 11 is 0. The molecule has 5 heteroatoms. The highest BCUT2D eigenvalue weighted by atomic mass is 16.5. The molecule has 5 nitrogen and oxygen atoms in total. The zero-order valence-electron chi connectivity index (χ0n) is 9.69. The number of nitrogens with zero attached hydrogens (tertiary/aromatic N) is 1. The Bertz CT molecular complexity index is 593. The first-order chi connectivity index (χ1) is 8.31. The first-order valence-corrected chi connectivity index (χ1v) is 5.82. The molecule has 1 aliphatic rings. The van der Waals surface area contributed by atoms with Crippen molar-refractivity contribution in [2.24, 2.45) is 0 Å². The van der Waals surface area contributed by atoms with Crippen LogP contribution in [0.15, 0.2) is 23.0 Å². The van der Waals surface area contributed by atoms with E-state index in [4.69, 9.17) is 4.74 Å². The van der Waals surface area contributed by atoms with Gasteiger partial charge in [0.2, 0.25) is 0 Å². The lowest BCUT2D eigenvalue weighted by Crippen LogP contribution is -2.28. The van der Waals surface area contributed by atoms with E-state index in [-0.39, 0.29) is 11.9 Å². The maximum Gasteiger partial charge on any atom is 0.327 e. The summed E-state index contributed by atoms with van der Waals surface area (Å²) in [6.07, 6.45) is 2.20. The van der Waals surface area contributed by atoms with Crippen LogP contribution in [0.4, 0.5) is 0 Å². The highest BCUT2D eigenvalue weighted by Gasteiger charge is 2.21. The predicted molar refractivity (Wildman–Crippen MR) is 65.4 cm³/mol. The fourth-order valence-corrected chi connectivity index (χ4v) is 2.49. The van der Waals surface area contributed by atoms with Crippen molar-refractivity contribution in [1.82, 2.24) is 14.9 Å². The van der Waals surface area contributed by atoms with E-state index in [1.807, 2.05) is 18.2 Å². The van der Waals surface area contributed by atoms with Crippen LogP contribution in [0.2, 0.25) is 0 Å². The lowest BCUT2D eigenvalue weighted by molar-refractivity contribution is 0.419. The first kappa shape index (κ1) is 10.4. The highest BCUT2D eigenvalue weighted by molar-refractivity contribution is 5.81. The lowest BCUT2D eigenvalue weighted by Gasteiger charge is -2.12. The molecule has 17 heavy (non-hydrogen) atoms. The van der Waals surface area contributed by atoms with E-state index >= 15 is 0 Å². The zero-order chi connectivity index (χ0) is 11.8. The molecule has 3 rings (SSSR count). The molecule has 1 aliphatic heterocycles. The van der Waals surface area contributed by atoms with Crippen molar-refractivity contribution in [2.45, 2.75) is 19.0 Å². The lowest BCUT2D eigenvalue weighted by atomic mass is 10.2. The van der Waals surface area contributed by atoms with Gasteiger partial charge in [-0.3, -0.25) is 9.88 Å². The summed E-state index contributed by atoms with van der Waals surface area (Å²) in [7, 11) is 1.61. The van der Waals surface area contributed by atoms with E-state index in [0.29, 0.717) is 5.75 Å². The van der Waals surface area contributed by atoms with Gasteiger partial charge < -0.3 is 9.72 Å². The van der Waals surface area contributed by atoms with Gasteiger partial charge in [-0.25, -0.2) is 4.79 Å². The Labute approximate surface area is 98.4 Å². The number of hydrogen-bond donors (Lipinski definition) is 2. The molecule has 2 aromatic rings. The molecule has 0 spiro atoms. The van der Waals surface area contributed by atoms with Gasteiger partial charge in [-0.05, 0) is 31.5 Å². The maximum atomic E-state index is 12.0. The Morgan fingerprint density at radius 1 is 1.47 bits per heavy atom. The van der Waals surface area contributed by atoms with Crippen molar-refractivity contribution in [3.63, 3.8) is 0 Å². The number of H-pyrrole nitrogens is 1. The Hall–Kier alpha value is -1.75. The zero-order valence-corrected chi connectivity index (χ0v) is 9.69. The average molecular weight is 233 g/mol. The molecule has 1 unspecified atom stereocenters. The molecule has 1 saturated heterocycles. The number of fused-ring (bicyclic) bond motifs is 1. The van der Waals surface area contributed by atoms with Gasteiger partial charge in [0, 0.05) is 0 Å². The number of nitrogens with one attached hydrogen (secondary N) is 2. The van der Waals surface area contributed by atoms with Crippen molar-refractivity contribution in [3.05, 3.63) is 28.7 Å². The molecule has 0 bridgehead atoms. The standard InChI is InChI=1S/C12H15N3O2/c1-17-9-5-2-4-8-11(9)14-12(16)15(8)10-6-3-7-13-10/h2,4-5,10,13H,3,6-7H2,1H3,(H,14,16). The number of aromatic amines is 1. The number of ether oxygens (including phenoxy) is 1. The van der Waals surface area contributed by atoms with Crippen LogP contribution in [0.3, 0.4) is 0 Å². The van der Waals surface area contributed by atoms with Crippen LogP contribution < -0.4 is 15.7 Å². The van der Waals surface area contributed by atoms with Crippen LogP contribution in [-0.2, 0) is 0 Å². The quantitative estimate of drug-likeness (QED) is 0.820. The number of benzene rings is 1. The largest absolute Gasteiger partial charge is 0.494 e. The predicted octanol–water partition coefficient (Wildman–Crippen LogP) is 1.22. The van der Waals surface area contributed by atoms with E-state index in [2.05, 4.69) is 10.3 Å². The minimum absolute atomic E-state index is 0.0797. The molecule has 90 valence electrons. The van der Waals surface area contributed by atoms with Crippen LogP contribution in [0.5, 0.6) is 5.75 Å². The first-order valence-electron chi connectivity index (χ1n) is 5.82. The van der Waals surface area contributed by atoms with Gasteiger partial charge in [-0.15, -0.1) is 0 Å². The third-order valence-electron chi connectivity index (χ3n) is 3.28. The molecule has 1 fully saturated rings. The Morgan fingerprint density at radius 2 is 2.35 bits per heavy atom. The molecular weight excluding hydrogens is 218 g/mol. The van der Waals surface area contributed by atoms with Gasteiger partial charge in [0.25, 0.3) is 0 Å². The molecule has 0 amide bonds. The van der Waals surface area contributed by atoms with E-state index in [9.17, 15) is 4.79 Å². The minimum Gasteiger partial charge on any atom is -0.494 e. The molecule has 1 aromatic heterocycles. The normalized spacial score (nSPS) is 19.9. The van der Waals surface area contributed by atoms with E-state index < -0.39 is 0 Å². The highest BCUT2D eigenvalue weighted by Crippen LogP contribution is 2.25. The Balaban J connectivity index is 2.24. The number of hydrogen-bond acceptors (Lipinski definition) is 3. The van der Waals surface area contributed by atoms with E-state index in [1.165, 1.54) is 0 Å². The van der Waals surface area contributed by atoms with Crippen molar-refractivity contribution >= 4 is 11.0 Å². The number of methoxy groups -OCH3 is 1. The SMILES string of the molecule is COc1cccc2c1[nH]c(=O)n2C1CCCN1. The monoisotopic (exact) mass is 233 g/mol. The third kappa shape index (κ3) is 1.54. The minimum atomic E-state index is -0.0797. The number of imidazole rings is 1. The second-order valence-electron chi connectivity index (χ2n) is 4.27. The average Bonchev–Trinajstić information content (AvgIpc) is 2.93. The van der Waals surface area contributed by atoms with Crippen LogP contribution >= 0.6 is 0 Å². The molecule has 0 radical (unpaired) electrons. The Morgan fingerprint density at radius 3 is 3.06 bits per heavy atom. The van der Waals surface area contributed by atoms with Gasteiger partial charge in [-0.2, -0.15) is 0 Å². The molecule has 0 aliphatic carbocycles. The van der Waals surface area contributed by atoms with E-state index in [1.54, 1.807) is 11.7 Å². The summed E-state index contributed by atoms with van der Waals surface area (Å²) in [5, 5.41) is 3.33. The smallest absolute Gasteiger partial charge is 0.327 e. The third-order valence-corrected chi connectivity index (χ3v) is 3.28. The fourth-order valence-electron chi connectivity index (χ4n) is 2.49. The fraction of sp³-hybridized carbons (Fsp3) is 0.417. The number of para-hydroxylation sites is 1. The molecule has 1 atom stereocenters. The van der Waals surface area contributed by atoms with Crippen LogP contribution in [0, 0.1) is 0 Å². The second kappa shape index (κ2) is 3.92. The number of aromatic nitrogens is 2. The van der Waals surface area contributed by atoms with Gasteiger partial charge in [-0.1, -0.05) is 6.07 Å². The summed E-state index contributed by atoms with van der Waals surface area (Å²) in [6, 6.07) is 5.69. The summed E-state index contributed by atoms with van der Waals surface area (Å²) in [5.74, 6) is 0.705. The molecule has 1 aromatic carbocycles. The van der Waals surface area contributed by atoms with Gasteiger partial charge in [0.15, 0.2) is 0 Å². The van der Waals surface area contributed by atoms with Gasteiger partial charge in [0.05, 0.1) is 18.8 Å². The summed E-state index contributed by atoms with van der Waals surface area (Å²) in [5.41, 5.74) is 1.59. The van der Waals surface area contributed by atoms with Crippen molar-refractivity contribution in [3.8, 4) is 5.75 Å². The summed E-state index contributed by atoms with van der Waals surface area (Å²) in [4.78, 5) is 14.9. The number of rotatable bonds is 2. The van der Waals surface area contributed by atoms with Crippen LogP contribution in [-0.4, -0.2) is 23.2 Å².